The van der Waals surface area contributed by atoms with E-state index in [4.69, 9.17) is 5.73 Å². The molecule has 1 aliphatic rings. The van der Waals surface area contributed by atoms with Gasteiger partial charge in [0.15, 0.2) is 0 Å². The molecule has 1 amide bonds. The van der Waals surface area contributed by atoms with Crippen LogP contribution in [-0.4, -0.2) is 20.4 Å². The van der Waals surface area contributed by atoms with Crippen molar-refractivity contribution in [1.29, 1.82) is 0 Å². The number of carbonyl (C=O) groups excluding carboxylic acids is 1. The Labute approximate surface area is 159 Å². The van der Waals surface area contributed by atoms with E-state index in [9.17, 15) is 13.2 Å². The van der Waals surface area contributed by atoms with Crippen molar-refractivity contribution in [3.8, 4) is 0 Å². The molecule has 4 N–H and O–H groups in total. The number of carbonyl (C=O) groups is 1. The topological polar surface area (TPSA) is 101 Å². The molecule has 2 aromatic rings. The third-order valence-corrected chi connectivity index (χ3v) is 5.66. The zero-order valence-electron chi connectivity index (χ0n) is 14.1. The lowest BCUT2D eigenvalue weighted by atomic mass is 10.1. The Kier molecular flexibility index (Phi) is 6.63. The number of para-hydroxylation sites is 1. The second kappa shape index (κ2) is 8.53. The van der Waals surface area contributed by atoms with Crippen LogP contribution in [0.4, 0.5) is 11.4 Å². The summed E-state index contributed by atoms with van der Waals surface area (Å²) in [5, 5.41) is 2.79. The van der Waals surface area contributed by atoms with E-state index in [1.54, 1.807) is 36.4 Å². The summed E-state index contributed by atoms with van der Waals surface area (Å²) in [5.74, 6) is -0.226. The van der Waals surface area contributed by atoms with Crippen LogP contribution >= 0.6 is 12.4 Å². The number of sulfonamides is 1. The molecule has 1 saturated carbocycles. The van der Waals surface area contributed by atoms with Gasteiger partial charge >= 0.3 is 0 Å². The van der Waals surface area contributed by atoms with Gasteiger partial charge in [-0.3, -0.25) is 9.52 Å². The number of nitrogens with two attached hydrogens (primary N) is 1. The normalized spacial score (nSPS) is 19.4. The third kappa shape index (κ3) is 4.97. The van der Waals surface area contributed by atoms with E-state index >= 15 is 0 Å². The van der Waals surface area contributed by atoms with Crippen molar-refractivity contribution in [1.82, 2.24) is 0 Å². The predicted octanol–water partition coefficient (Wildman–Crippen LogP) is 2.98. The van der Waals surface area contributed by atoms with E-state index in [0.29, 0.717) is 17.8 Å². The van der Waals surface area contributed by atoms with Crippen molar-refractivity contribution in [3.63, 3.8) is 0 Å². The van der Waals surface area contributed by atoms with E-state index in [1.165, 1.54) is 12.1 Å². The lowest BCUT2D eigenvalue weighted by molar-refractivity contribution is -0.119. The zero-order valence-corrected chi connectivity index (χ0v) is 15.7. The number of hydrogen-bond acceptors (Lipinski definition) is 4. The number of hydrogen-bond donors (Lipinski definition) is 3. The molecule has 6 nitrogen and oxygen atoms in total. The van der Waals surface area contributed by atoms with Crippen LogP contribution in [0.5, 0.6) is 0 Å². The predicted molar refractivity (Wildman–Crippen MR) is 105 cm³/mol. The first-order valence-corrected chi connectivity index (χ1v) is 9.67. The van der Waals surface area contributed by atoms with Gasteiger partial charge in [-0.05, 0) is 49.6 Å². The SMILES string of the molecule is Cl.NC1CCC(C(=O)Nc2cccc(S(=O)(=O)Nc3ccccc3)c2)C1. The van der Waals surface area contributed by atoms with Crippen molar-refractivity contribution in [3.05, 3.63) is 54.6 Å². The number of benzene rings is 2. The molecule has 0 spiro atoms. The minimum Gasteiger partial charge on any atom is -0.328 e. The van der Waals surface area contributed by atoms with Crippen molar-refractivity contribution < 1.29 is 13.2 Å². The van der Waals surface area contributed by atoms with Gasteiger partial charge in [-0.2, -0.15) is 0 Å². The van der Waals surface area contributed by atoms with E-state index in [1.807, 2.05) is 6.07 Å². The lowest BCUT2D eigenvalue weighted by Gasteiger charge is -2.12. The summed E-state index contributed by atoms with van der Waals surface area (Å²) >= 11 is 0. The van der Waals surface area contributed by atoms with Crippen molar-refractivity contribution in [2.75, 3.05) is 10.0 Å². The Bertz CT molecular complexity index is 859. The first-order valence-electron chi connectivity index (χ1n) is 8.18. The molecule has 1 fully saturated rings. The lowest BCUT2D eigenvalue weighted by Crippen LogP contribution is -2.23. The van der Waals surface area contributed by atoms with E-state index in [2.05, 4.69) is 10.0 Å². The van der Waals surface area contributed by atoms with Crippen LogP contribution in [0.1, 0.15) is 19.3 Å². The summed E-state index contributed by atoms with van der Waals surface area (Å²) in [6.45, 7) is 0. The summed E-state index contributed by atoms with van der Waals surface area (Å²) in [7, 11) is -3.72. The minimum absolute atomic E-state index is 0. The summed E-state index contributed by atoms with van der Waals surface area (Å²) in [4.78, 5) is 12.4. The molecule has 140 valence electrons. The second-order valence-electron chi connectivity index (χ2n) is 6.26. The van der Waals surface area contributed by atoms with Gasteiger partial charge < -0.3 is 11.1 Å². The van der Waals surface area contributed by atoms with E-state index in [0.717, 1.165) is 12.8 Å². The minimum atomic E-state index is -3.72. The average Bonchev–Trinajstić information content (AvgIpc) is 3.02. The molecular weight excluding hydrogens is 374 g/mol. The van der Waals surface area contributed by atoms with Crippen LogP contribution in [0.2, 0.25) is 0 Å². The van der Waals surface area contributed by atoms with Gasteiger partial charge in [0.1, 0.15) is 0 Å². The van der Waals surface area contributed by atoms with Crippen LogP contribution < -0.4 is 15.8 Å². The maximum Gasteiger partial charge on any atom is 0.261 e. The largest absolute Gasteiger partial charge is 0.328 e. The molecule has 0 radical (unpaired) electrons. The molecule has 2 unspecified atom stereocenters. The summed E-state index contributed by atoms with van der Waals surface area (Å²) in [6.07, 6.45) is 2.27. The van der Waals surface area contributed by atoms with Crippen molar-refractivity contribution in [2.45, 2.75) is 30.2 Å². The quantitative estimate of drug-likeness (QED) is 0.724. The molecule has 8 heteroatoms. The Morgan fingerprint density at radius 2 is 1.69 bits per heavy atom. The molecule has 1 aliphatic carbocycles. The number of anilines is 2. The van der Waals surface area contributed by atoms with E-state index in [-0.39, 0.29) is 35.2 Å². The van der Waals surface area contributed by atoms with Gasteiger partial charge in [0.05, 0.1) is 4.90 Å². The van der Waals surface area contributed by atoms with Crippen LogP contribution in [0.25, 0.3) is 0 Å². The molecular formula is C18H22ClN3O3S. The van der Waals surface area contributed by atoms with Crippen molar-refractivity contribution >= 4 is 39.7 Å². The molecule has 0 aliphatic heterocycles. The Morgan fingerprint density at radius 3 is 2.35 bits per heavy atom. The number of nitrogens with one attached hydrogen (secondary N) is 2. The van der Waals surface area contributed by atoms with E-state index < -0.39 is 10.0 Å². The fourth-order valence-corrected chi connectivity index (χ4v) is 4.06. The summed E-state index contributed by atoms with van der Waals surface area (Å²) < 4.78 is 27.5. The van der Waals surface area contributed by atoms with Crippen molar-refractivity contribution in [2.24, 2.45) is 11.7 Å². The van der Waals surface area contributed by atoms with Gasteiger partial charge in [0.2, 0.25) is 5.91 Å². The summed E-state index contributed by atoms with van der Waals surface area (Å²) in [5.41, 5.74) is 6.79. The molecule has 2 atom stereocenters. The average molecular weight is 396 g/mol. The molecule has 0 bridgehead atoms. The van der Waals surface area contributed by atoms with Gasteiger partial charge in [0, 0.05) is 23.3 Å². The molecule has 0 saturated heterocycles. The fraction of sp³-hybridized carbons (Fsp3) is 0.278. The Morgan fingerprint density at radius 1 is 1.00 bits per heavy atom. The molecule has 0 aromatic heterocycles. The first-order chi connectivity index (χ1) is 11.9. The molecule has 26 heavy (non-hydrogen) atoms. The molecule has 0 heterocycles. The first kappa shape index (κ1) is 20.2. The highest BCUT2D eigenvalue weighted by Gasteiger charge is 2.27. The Hall–Kier alpha value is -2.09. The van der Waals surface area contributed by atoms with Gasteiger partial charge in [-0.15, -0.1) is 12.4 Å². The second-order valence-corrected chi connectivity index (χ2v) is 7.94. The maximum atomic E-state index is 12.5. The standard InChI is InChI=1S/C18H21N3O3S.ClH/c19-14-10-9-13(11-14)18(22)20-16-7-4-8-17(12-16)25(23,24)21-15-5-2-1-3-6-15;/h1-8,12-14,21H,9-11,19H2,(H,20,22);1H. The van der Waals surface area contributed by atoms with Crippen LogP contribution in [-0.2, 0) is 14.8 Å². The van der Waals surface area contributed by atoms with Gasteiger partial charge in [-0.1, -0.05) is 24.3 Å². The molecule has 2 aromatic carbocycles. The third-order valence-electron chi connectivity index (χ3n) is 4.28. The maximum absolute atomic E-state index is 12.5. The highest BCUT2D eigenvalue weighted by atomic mass is 35.5. The monoisotopic (exact) mass is 395 g/mol. The van der Waals surface area contributed by atoms with Crippen LogP contribution in [0, 0.1) is 5.92 Å². The van der Waals surface area contributed by atoms with Crippen LogP contribution in [0.15, 0.2) is 59.5 Å². The smallest absolute Gasteiger partial charge is 0.261 e. The van der Waals surface area contributed by atoms with Gasteiger partial charge in [0.25, 0.3) is 10.0 Å². The highest BCUT2D eigenvalue weighted by Crippen LogP contribution is 2.26. The van der Waals surface area contributed by atoms with Crippen LogP contribution in [0.3, 0.4) is 0 Å². The number of amides is 1. The highest BCUT2D eigenvalue weighted by molar-refractivity contribution is 7.92. The fourth-order valence-electron chi connectivity index (χ4n) is 2.96. The number of rotatable bonds is 5. The zero-order chi connectivity index (χ0) is 17.9. The molecule has 3 rings (SSSR count). The van der Waals surface area contributed by atoms with Gasteiger partial charge in [-0.25, -0.2) is 8.42 Å². The summed E-state index contributed by atoms with van der Waals surface area (Å²) in [6, 6.07) is 15.0. The Balaban J connectivity index is 0.00000243. The number of halogens is 1.